The first-order chi connectivity index (χ1) is 7.81. The molecule has 4 heteroatoms. The van der Waals surface area contributed by atoms with Gasteiger partial charge in [-0.2, -0.15) is 0 Å². The molecule has 1 fully saturated rings. The summed E-state index contributed by atoms with van der Waals surface area (Å²) in [5.41, 5.74) is 1.11. The largest absolute Gasteiger partial charge is 0.314 e. The van der Waals surface area contributed by atoms with Crippen molar-refractivity contribution in [1.29, 1.82) is 0 Å². The quantitative estimate of drug-likeness (QED) is 0.813. The van der Waals surface area contributed by atoms with E-state index in [4.69, 9.17) is 0 Å². The van der Waals surface area contributed by atoms with Crippen molar-refractivity contribution in [3.63, 3.8) is 0 Å². The maximum atomic E-state index is 13.6. The van der Waals surface area contributed by atoms with Crippen molar-refractivity contribution in [2.75, 3.05) is 32.4 Å². The Bertz CT molecular complexity index is 351. The lowest BCUT2D eigenvalue weighted by Crippen LogP contribution is -2.42. The molecule has 1 N–H and O–H groups in total. The Morgan fingerprint density at radius 2 is 2.12 bits per heavy atom. The highest BCUT2D eigenvalue weighted by atomic mass is 32.2. The molecular weight excluding hydrogens is 223 g/mol. The van der Waals surface area contributed by atoms with E-state index in [9.17, 15) is 4.39 Å². The highest BCUT2D eigenvalue weighted by Gasteiger charge is 2.13. The van der Waals surface area contributed by atoms with Gasteiger partial charge in [0.15, 0.2) is 0 Å². The highest BCUT2D eigenvalue weighted by Crippen LogP contribution is 2.24. The van der Waals surface area contributed by atoms with Crippen molar-refractivity contribution in [2.45, 2.75) is 11.4 Å². The molecule has 0 atom stereocenters. The first-order valence-electron chi connectivity index (χ1n) is 5.55. The van der Waals surface area contributed by atoms with Crippen LogP contribution < -0.4 is 5.32 Å². The van der Waals surface area contributed by atoms with Crippen LogP contribution in [0.15, 0.2) is 23.1 Å². The number of hydrogen-bond donors (Lipinski definition) is 1. The van der Waals surface area contributed by atoms with Crippen molar-refractivity contribution in [2.24, 2.45) is 0 Å². The molecule has 2 nitrogen and oxygen atoms in total. The van der Waals surface area contributed by atoms with Gasteiger partial charge in [0, 0.05) is 37.6 Å². The van der Waals surface area contributed by atoms with Crippen LogP contribution in [-0.2, 0) is 6.54 Å². The maximum absolute atomic E-state index is 13.6. The Balaban J connectivity index is 2.10. The Morgan fingerprint density at radius 3 is 2.81 bits per heavy atom. The van der Waals surface area contributed by atoms with Crippen LogP contribution in [-0.4, -0.2) is 37.3 Å². The second-order valence-corrected chi connectivity index (χ2v) is 4.77. The third-order valence-corrected chi connectivity index (χ3v) is 3.72. The zero-order chi connectivity index (χ0) is 11.4. The number of thioether (sulfide) groups is 1. The highest BCUT2D eigenvalue weighted by molar-refractivity contribution is 7.98. The second kappa shape index (κ2) is 5.66. The molecule has 0 bridgehead atoms. The summed E-state index contributed by atoms with van der Waals surface area (Å²) in [4.78, 5) is 3.16. The van der Waals surface area contributed by atoms with Gasteiger partial charge in [0.2, 0.25) is 0 Å². The minimum Gasteiger partial charge on any atom is -0.314 e. The lowest BCUT2D eigenvalue weighted by molar-refractivity contribution is 0.231. The van der Waals surface area contributed by atoms with Crippen LogP contribution in [0.2, 0.25) is 0 Å². The van der Waals surface area contributed by atoms with Gasteiger partial charge in [-0.05, 0) is 17.9 Å². The van der Waals surface area contributed by atoms with Crippen molar-refractivity contribution in [1.82, 2.24) is 10.2 Å². The number of rotatable bonds is 3. The summed E-state index contributed by atoms with van der Waals surface area (Å²) in [5.74, 6) is -0.0971. The molecule has 1 saturated heterocycles. The van der Waals surface area contributed by atoms with Crippen molar-refractivity contribution in [3.05, 3.63) is 29.6 Å². The number of nitrogens with one attached hydrogen (secondary N) is 1. The SMILES string of the molecule is CSc1c(F)cccc1CN1CCNCC1. The van der Waals surface area contributed by atoms with E-state index in [-0.39, 0.29) is 5.82 Å². The van der Waals surface area contributed by atoms with Gasteiger partial charge in [-0.3, -0.25) is 4.90 Å². The van der Waals surface area contributed by atoms with E-state index in [1.54, 1.807) is 6.07 Å². The number of piperazine rings is 1. The number of nitrogens with zero attached hydrogens (tertiary/aromatic N) is 1. The Morgan fingerprint density at radius 1 is 1.38 bits per heavy atom. The van der Waals surface area contributed by atoms with E-state index in [0.717, 1.165) is 43.2 Å². The molecule has 88 valence electrons. The molecule has 1 heterocycles. The predicted octanol–water partition coefficient (Wildman–Crippen LogP) is 1.95. The van der Waals surface area contributed by atoms with E-state index >= 15 is 0 Å². The van der Waals surface area contributed by atoms with Crippen LogP contribution in [0.4, 0.5) is 4.39 Å². The molecule has 0 amide bonds. The second-order valence-electron chi connectivity index (χ2n) is 3.96. The molecule has 0 unspecified atom stereocenters. The summed E-state index contributed by atoms with van der Waals surface area (Å²) < 4.78 is 13.6. The van der Waals surface area contributed by atoms with Crippen LogP contribution in [0.25, 0.3) is 0 Å². The molecule has 2 rings (SSSR count). The van der Waals surface area contributed by atoms with Crippen molar-refractivity contribution >= 4 is 11.8 Å². The third-order valence-electron chi connectivity index (χ3n) is 2.86. The molecule has 1 aliphatic rings. The summed E-state index contributed by atoms with van der Waals surface area (Å²) >= 11 is 1.49. The first-order valence-corrected chi connectivity index (χ1v) is 6.78. The summed E-state index contributed by atoms with van der Waals surface area (Å²) in [6.45, 7) is 5.01. The van der Waals surface area contributed by atoms with Crippen LogP contribution in [0.3, 0.4) is 0 Å². The monoisotopic (exact) mass is 240 g/mol. The van der Waals surface area contributed by atoms with Gasteiger partial charge in [-0.15, -0.1) is 11.8 Å². The molecule has 0 aromatic heterocycles. The van der Waals surface area contributed by atoms with Crippen molar-refractivity contribution in [3.8, 4) is 0 Å². The van der Waals surface area contributed by atoms with Crippen LogP contribution >= 0.6 is 11.8 Å². The maximum Gasteiger partial charge on any atom is 0.137 e. The van der Waals surface area contributed by atoms with E-state index in [2.05, 4.69) is 10.2 Å². The van der Waals surface area contributed by atoms with Crippen molar-refractivity contribution < 1.29 is 4.39 Å². The lowest BCUT2D eigenvalue weighted by Gasteiger charge is -2.27. The summed E-state index contributed by atoms with van der Waals surface area (Å²) in [7, 11) is 0. The van der Waals surface area contributed by atoms with E-state index in [1.165, 1.54) is 17.8 Å². The van der Waals surface area contributed by atoms with E-state index in [1.807, 2.05) is 12.3 Å². The molecule has 1 aromatic carbocycles. The Labute approximate surface area is 100 Å². The Hall–Kier alpha value is -0.580. The van der Waals surface area contributed by atoms with Gasteiger partial charge in [-0.1, -0.05) is 12.1 Å². The zero-order valence-electron chi connectivity index (χ0n) is 9.50. The fraction of sp³-hybridized carbons (Fsp3) is 0.500. The lowest BCUT2D eigenvalue weighted by atomic mass is 10.2. The third kappa shape index (κ3) is 2.75. The zero-order valence-corrected chi connectivity index (χ0v) is 10.3. The van der Waals surface area contributed by atoms with E-state index < -0.39 is 0 Å². The fourth-order valence-electron chi connectivity index (χ4n) is 2.02. The number of hydrogen-bond acceptors (Lipinski definition) is 3. The van der Waals surface area contributed by atoms with Gasteiger partial charge in [0.25, 0.3) is 0 Å². The topological polar surface area (TPSA) is 15.3 Å². The molecule has 16 heavy (non-hydrogen) atoms. The van der Waals surface area contributed by atoms with Crippen LogP contribution in [0.5, 0.6) is 0 Å². The smallest absolute Gasteiger partial charge is 0.137 e. The average molecular weight is 240 g/mol. The molecule has 0 saturated carbocycles. The molecule has 0 aliphatic carbocycles. The molecule has 1 aromatic rings. The summed E-state index contributed by atoms with van der Waals surface area (Å²) in [5, 5.41) is 3.32. The fourth-order valence-corrected chi connectivity index (χ4v) is 2.67. The summed E-state index contributed by atoms with van der Waals surface area (Å²) in [6, 6.07) is 5.36. The van der Waals surface area contributed by atoms with Crippen LogP contribution in [0.1, 0.15) is 5.56 Å². The summed E-state index contributed by atoms with van der Waals surface area (Å²) in [6.07, 6.45) is 1.93. The van der Waals surface area contributed by atoms with Gasteiger partial charge in [0.05, 0.1) is 0 Å². The molecule has 0 radical (unpaired) electrons. The molecular formula is C12H17FN2S. The first kappa shape index (κ1) is 11.9. The van der Waals surface area contributed by atoms with Gasteiger partial charge < -0.3 is 5.32 Å². The standard InChI is InChI=1S/C12H17FN2S/c1-16-12-10(3-2-4-11(12)13)9-15-7-5-14-6-8-15/h2-4,14H,5-9H2,1H3. The molecule has 0 spiro atoms. The predicted molar refractivity (Wildman–Crippen MR) is 66.3 cm³/mol. The average Bonchev–Trinajstić information content (AvgIpc) is 2.31. The normalized spacial score (nSPS) is 17.6. The van der Waals surface area contributed by atoms with Gasteiger partial charge >= 0.3 is 0 Å². The van der Waals surface area contributed by atoms with Gasteiger partial charge in [-0.25, -0.2) is 4.39 Å². The Kier molecular flexibility index (Phi) is 4.21. The number of benzene rings is 1. The number of halogens is 1. The van der Waals surface area contributed by atoms with E-state index in [0.29, 0.717) is 0 Å². The van der Waals surface area contributed by atoms with Gasteiger partial charge in [0.1, 0.15) is 5.82 Å². The minimum atomic E-state index is -0.0971. The minimum absolute atomic E-state index is 0.0971. The van der Waals surface area contributed by atoms with Crippen LogP contribution in [0, 0.1) is 5.82 Å². The molecule has 1 aliphatic heterocycles.